The fourth-order valence-corrected chi connectivity index (χ4v) is 3.51. The summed E-state index contributed by atoms with van der Waals surface area (Å²) in [5.74, 6) is 1.73. The second-order valence-electron chi connectivity index (χ2n) is 7.93. The van der Waals surface area contributed by atoms with Gasteiger partial charge in [0.15, 0.2) is 5.65 Å². The number of fused-ring (bicyclic) bond motifs is 1. The van der Waals surface area contributed by atoms with Gasteiger partial charge in [-0.2, -0.15) is 0 Å². The second-order valence-corrected chi connectivity index (χ2v) is 7.93. The molecule has 0 aliphatic heterocycles. The van der Waals surface area contributed by atoms with Crippen molar-refractivity contribution in [3.05, 3.63) is 35.7 Å². The van der Waals surface area contributed by atoms with E-state index in [-0.39, 0.29) is 0 Å². The number of imidazole rings is 1. The van der Waals surface area contributed by atoms with Crippen LogP contribution < -0.4 is 5.32 Å². The zero-order chi connectivity index (χ0) is 19.2. The minimum atomic E-state index is 0.819. The number of hydrogen-bond acceptors (Lipinski definition) is 4. The van der Waals surface area contributed by atoms with Crippen molar-refractivity contribution in [1.82, 2.24) is 19.4 Å². The number of nitrogens with one attached hydrogen (secondary N) is 1. The highest BCUT2D eigenvalue weighted by Gasteiger charge is 2.19. The molecule has 27 heavy (non-hydrogen) atoms. The van der Waals surface area contributed by atoms with Crippen LogP contribution in [0.4, 0.5) is 5.95 Å². The molecule has 2 heterocycles. The van der Waals surface area contributed by atoms with Crippen molar-refractivity contribution in [3.8, 4) is 0 Å². The zero-order valence-electron chi connectivity index (χ0n) is 17.2. The summed E-state index contributed by atoms with van der Waals surface area (Å²) in [6.07, 6.45) is 11.6. The SMILES string of the molecule is CCCN(C/C=C(\C)Nc1nc2cccnc2n1C=C(C)C)CC1CCC1. The summed E-state index contributed by atoms with van der Waals surface area (Å²) in [6, 6.07) is 3.93. The first-order chi connectivity index (χ1) is 13.1. The third kappa shape index (κ3) is 5.19. The molecule has 0 saturated heterocycles. The molecule has 0 bridgehead atoms. The van der Waals surface area contributed by atoms with Gasteiger partial charge in [-0.1, -0.05) is 25.0 Å². The Bertz CT molecular complexity index is 809. The van der Waals surface area contributed by atoms with Crippen LogP contribution in [0.25, 0.3) is 17.4 Å². The average Bonchev–Trinajstić information content (AvgIpc) is 2.92. The molecule has 2 aromatic rings. The molecule has 1 aliphatic carbocycles. The summed E-state index contributed by atoms with van der Waals surface area (Å²) >= 11 is 0. The fraction of sp³-hybridized carbons (Fsp3) is 0.545. The molecule has 0 unspecified atom stereocenters. The third-order valence-corrected chi connectivity index (χ3v) is 5.08. The summed E-state index contributed by atoms with van der Waals surface area (Å²) in [5.41, 5.74) is 4.12. The van der Waals surface area contributed by atoms with Gasteiger partial charge in [0.05, 0.1) is 0 Å². The maximum Gasteiger partial charge on any atom is 0.213 e. The Balaban J connectivity index is 1.73. The molecule has 2 aromatic heterocycles. The van der Waals surface area contributed by atoms with E-state index >= 15 is 0 Å². The van der Waals surface area contributed by atoms with E-state index in [1.165, 1.54) is 44.3 Å². The number of rotatable bonds is 9. The smallest absolute Gasteiger partial charge is 0.213 e. The van der Waals surface area contributed by atoms with Crippen molar-refractivity contribution in [3.63, 3.8) is 0 Å². The van der Waals surface area contributed by atoms with Crippen LogP contribution in [0.3, 0.4) is 0 Å². The van der Waals surface area contributed by atoms with Crippen molar-refractivity contribution in [1.29, 1.82) is 0 Å². The predicted octanol–water partition coefficient (Wildman–Crippen LogP) is 5.14. The highest BCUT2D eigenvalue weighted by Crippen LogP contribution is 2.27. The number of hydrogen-bond donors (Lipinski definition) is 1. The van der Waals surface area contributed by atoms with Gasteiger partial charge >= 0.3 is 0 Å². The van der Waals surface area contributed by atoms with E-state index in [4.69, 9.17) is 4.98 Å². The Morgan fingerprint density at radius 3 is 2.81 bits per heavy atom. The molecule has 0 aromatic carbocycles. The van der Waals surface area contributed by atoms with Gasteiger partial charge in [-0.15, -0.1) is 0 Å². The predicted molar refractivity (Wildman–Crippen MR) is 115 cm³/mol. The molecule has 146 valence electrons. The molecule has 0 radical (unpaired) electrons. The van der Waals surface area contributed by atoms with Gasteiger partial charge in [0.25, 0.3) is 0 Å². The Kier molecular flexibility index (Phi) is 6.67. The van der Waals surface area contributed by atoms with Gasteiger partial charge in [-0.3, -0.25) is 9.47 Å². The largest absolute Gasteiger partial charge is 0.330 e. The minimum Gasteiger partial charge on any atom is -0.330 e. The van der Waals surface area contributed by atoms with Crippen molar-refractivity contribution >= 4 is 23.3 Å². The van der Waals surface area contributed by atoms with Crippen molar-refractivity contribution in [2.75, 3.05) is 25.0 Å². The van der Waals surface area contributed by atoms with Crippen LogP contribution in [0.5, 0.6) is 0 Å². The van der Waals surface area contributed by atoms with E-state index in [2.05, 4.69) is 55.2 Å². The van der Waals surface area contributed by atoms with Crippen molar-refractivity contribution in [2.24, 2.45) is 5.92 Å². The van der Waals surface area contributed by atoms with Crippen LogP contribution in [-0.4, -0.2) is 39.1 Å². The standard InChI is InChI=1S/C22H33N5/c1-5-13-26(16-19-8-6-9-19)14-11-18(4)24-22-25-20-10-7-12-23-21(20)27(22)15-17(2)3/h7,10-12,15,19H,5-6,8-9,13-14,16H2,1-4H3,(H,24,25)/b18-11+. The molecule has 1 fully saturated rings. The Morgan fingerprint density at radius 1 is 1.33 bits per heavy atom. The topological polar surface area (TPSA) is 46.0 Å². The second kappa shape index (κ2) is 9.18. The molecular formula is C22H33N5. The van der Waals surface area contributed by atoms with Crippen LogP contribution in [0.2, 0.25) is 0 Å². The van der Waals surface area contributed by atoms with Gasteiger partial charge in [-0.25, -0.2) is 9.97 Å². The average molecular weight is 368 g/mol. The van der Waals surface area contributed by atoms with E-state index in [1.54, 1.807) is 0 Å². The van der Waals surface area contributed by atoms with Crippen LogP contribution in [0, 0.1) is 5.92 Å². The molecule has 0 atom stereocenters. The number of allylic oxidation sites excluding steroid dienone is 2. The number of pyridine rings is 1. The fourth-order valence-electron chi connectivity index (χ4n) is 3.51. The van der Waals surface area contributed by atoms with E-state index in [0.29, 0.717) is 0 Å². The number of nitrogens with zero attached hydrogens (tertiary/aromatic N) is 4. The van der Waals surface area contributed by atoms with Gasteiger partial charge in [-0.05, 0) is 64.6 Å². The molecule has 1 N–H and O–H groups in total. The van der Waals surface area contributed by atoms with Gasteiger partial charge in [0.2, 0.25) is 5.95 Å². The van der Waals surface area contributed by atoms with E-state index in [9.17, 15) is 0 Å². The lowest BCUT2D eigenvalue weighted by Gasteiger charge is -2.31. The quantitative estimate of drug-likeness (QED) is 0.666. The lowest BCUT2D eigenvalue weighted by Crippen LogP contribution is -2.33. The normalized spacial score (nSPS) is 15.2. The maximum atomic E-state index is 4.73. The van der Waals surface area contributed by atoms with Gasteiger partial charge in [0, 0.05) is 31.2 Å². The molecule has 1 aliphatic rings. The summed E-state index contributed by atoms with van der Waals surface area (Å²) in [4.78, 5) is 11.8. The first-order valence-electron chi connectivity index (χ1n) is 10.2. The van der Waals surface area contributed by atoms with Gasteiger partial charge in [0.1, 0.15) is 5.52 Å². The van der Waals surface area contributed by atoms with E-state index in [1.807, 2.05) is 22.9 Å². The molecule has 0 amide bonds. The summed E-state index contributed by atoms with van der Waals surface area (Å²) < 4.78 is 2.04. The van der Waals surface area contributed by atoms with E-state index < -0.39 is 0 Å². The maximum absolute atomic E-state index is 4.73. The minimum absolute atomic E-state index is 0.819. The Hall–Kier alpha value is -2.14. The van der Waals surface area contributed by atoms with Crippen LogP contribution in [0.1, 0.15) is 53.4 Å². The number of aromatic nitrogens is 3. The zero-order valence-corrected chi connectivity index (χ0v) is 17.2. The Labute approximate surface area is 163 Å². The third-order valence-electron chi connectivity index (χ3n) is 5.08. The number of anilines is 1. The summed E-state index contributed by atoms with van der Waals surface area (Å²) in [7, 11) is 0. The lowest BCUT2D eigenvalue weighted by atomic mass is 9.85. The van der Waals surface area contributed by atoms with Crippen molar-refractivity contribution in [2.45, 2.75) is 53.4 Å². The van der Waals surface area contributed by atoms with Crippen LogP contribution in [-0.2, 0) is 0 Å². The summed E-state index contributed by atoms with van der Waals surface area (Å²) in [5, 5.41) is 3.49. The molecule has 5 nitrogen and oxygen atoms in total. The molecular weight excluding hydrogens is 334 g/mol. The first kappa shape index (κ1) is 19.6. The van der Waals surface area contributed by atoms with Gasteiger partial charge < -0.3 is 5.32 Å². The summed E-state index contributed by atoms with van der Waals surface area (Å²) in [6.45, 7) is 11.9. The molecule has 5 heteroatoms. The first-order valence-corrected chi connectivity index (χ1v) is 10.2. The lowest BCUT2D eigenvalue weighted by molar-refractivity contribution is 0.191. The molecule has 1 saturated carbocycles. The highest BCUT2D eigenvalue weighted by atomic mass is 15.2. The van der Waals surface area contributed by atoms with Crippen LogP contribution >= 0.6 is 0 Å². The highest BCUT2D eigenvalue weighted by molar-refractivity contribution is 5.77. The molecule has 0 spiro atoms. The van der Waals surface area contributed by atoms with Crippen molar-refractivity contribution < 1.29 is 0 Å². The van der Waals surface area contributed by atoms with E-state index in [0.717, 1.165) is 35.3 Å². The monoisotopic (exact) mass is 367 g/mol. The molecule has 3 rings (SSSR count). The Morgan fingerprint density at radius 2 is 2.15 bits per heavy atom. The van der Waals surface area contributed by atoms with Crippen LogP contribution in [0.15, 0.2) is 35.7 Å².